The van der Waals surface area contributed by atoms with Crippen molar-refractivity contribution in [3.8, 4) is 0 Å². The summed E-state index contributed by atoms with van der Waals surface area (Å²) in [6.45, 7) is 2.51. The van der Waals surface area contributed by atoms with Gasteiger partial charge in [-0.2, -0.15) is 0 Å². The minimum atomic E-state index is 0.174. The first-order valence-corrected chi connectivity index (χ1v) is 6.92. The van der Waals surface area contributed by atoms with Crippen molar-refractivity contribution in [1.29, 1.82) is 0 Å². The van der Waals surface area contributed by atoms with Crippen LogP contribution in [0.4, 0.5) is 5.69 Å². The zero-order chi connectivity index (χ0) is 13.7. The smallest absolute Gasteiger partial charge is 0.223 e. The van der Waals surface area contributed by atoms with Crippen molar-refractivity contribution in [3.63, 3.8) is 0 Å². The Balaban J connectivity index is 1.93. The van der Waals surface area contributed by atoms with E-state index in [9.17, 15) is 4.79 Å². The van der Waals surface area contributed by atoms with Crippen LogP contribution in [0, 0.1) is 5.92 Å². The molecule has 19 heavy (non-hydrogen) atoms. The van der Waals surface area contributed by atoms with E-state index in [0.717, 1.165) is 37.2 Å². The summed E-state index contributed by atoms with van der Waals surface area (Å²) < 4.78 is 0. The average Bonchev–Trinajstić information content (AvgIpc) is 2.46. The Hall–Kier alpha value is -1.55. The van der Waals surface area contributed by atoms with Crippen LogP contribution in [-0.2, 0) is 11.3 Å². The molecule has 0 atom stereocenters. The first-order valence-electron chi connectivity index (χ1n) is 6.92. The van der Waals surface area contributed by atoms with Crippen molar-refractivity contribution in [2.75, 3.05) is 32.1 Å². The van der Waals surface area contributed by atoms with Gasteiger partial charge in [-0.1, -0.05) is 18.2 Å². The minimum absolute atomic E-state index is 0.174. The Morgan fingerprint density at radius 1 is 1.32 bits per heavy atom. The van der Waals surface area contributed by atoms with Crippen LogP contribution in [0.3, 0.4) is 0 Å². The maximum Gasteiger partial charge on any atom is 0.223 e. The fourth-order valence-corrected chi connectivity index (χ4v) is 2.51. The summed E-state index contributed by atoms with van der Waals surface area (Å²) >= 11 is 0. The SMILES string of the molecule is CN(C)c1ccccc1CNC(=O)C1CCNCC1. The van der Waals surface area contributed by atoms with E-state index in [1.807, 2.05) is 26.2 Å². The van der Waals surface area contributed by atoms with Crippen LogP contribution in [0.25, 0.3) is 0 Å². The van der Waals surface area contributed by atoms with Crippen molar-refractivity contribution < 1.29 is 4.79 Å². The van der Waals surface area contributed by atoms with E-state index >= 15 is 0 Å². The van der Waals surface area contributed by atoms with Crippen LogP contribution in [0.15, 0.2) is 24.3 Å². The monoisotopic (exact) mass is 261 g/mol. The molecule has 1 aromatic carbocycles. The number of hydrogen-bond acceptors (Lipinski definition) is 3. The summed E-state index contributed by atoms with van der Waals surface area (Å²) in [5.74, 6) is 0.364. The molecule has 0 aliphatic carbocycles. The van der Waals surface area contributed by atoms with E-state index in [1.165, 1.54) is 0 Å². The van der Waals surface area contributed by atoms with Crippen molar-refractivity contribution in [1.82, 2.24) is 10.6 Å². The normalized spacial score (nSPS) is 16.1. The lowest BCUT2D eigenvalue weighted by Gasteiger charge is -2.22. The molecule has 1 aliphatic heterocycles. The lowest BCUT2D eigenvalue weighted by molar-refractivity contribution is -0.125. The molecule has 1 amide bonds. The molecule has 0 aromatic heterocycles. The number of carbonyl (C=O) groups is 1. The van der Waals surface area contributed by atoms with Crippen LogP contribution in [0.1, 0.15) is 18.4 Å². The minimum Gasteiger partial charge on any atom is -0.377 e. The zero-order valence-electron chi connectivity index (χ0n) is 11.8. The number of nitrogens with one attached hydrogen (secondary N) is 2. The standard InChI is InChI=1S/C15H23N3O/c1-18(2)14-6-4-3-5-13(14)11-17-15(19)12-7-9-16-10-8-12/h3-6,12,16H,7-11H2,1-2H3,(H,17,19). The van der Waals surface area contributed by atoms with E-state index in [-0.39, 0.29) is 11.8 Å². The van der Waals surface area contributed by atoms with Crippen LogP contribution in [0.2, 0.25) is 0 Å². The second-order valence-corrected chi connectivity index (χ2v) is 5.27. The number of anilines is 1. The Morgan fingerprint density at radius 3 is 2.68 bits per heavy atom. The number of nitrogens with zero attached hydrogens (tertiary/aromatic N) is 1. The van der Waals surface area contributed by atoms with Crippen molar-refractivity contribution in [2.24, 2.45) is 5.92 Å². The predicted molar refractivity (Wildman–Crippen MR) is 78.2 cm³/mol. The van der Waals surface area contributed by atoms with Crippen molar-refractivity contribution in [3.05, 3.63) is 29.8 Å². The Morgan fingerprint density at radius 2 is 2.00 bits per heavy atom. The number of rotatable bonds is 4. The molecule has 2 rings (SSSR count). The summed E-state index contributed by atoms with van der Waals surface area (Å²) in [6.07, 6.45) is 1.89. The maximum atomic E-state index is 12.1. The lowest BCUT2D eigenvalue weighted by atomic mass is 9.97. The fourth-order valence-electron chi connectivity index (χ4n) is 2.51. The molecule has 1 heterocycles. The lowest BCUT2D eigenvalue weighted by Crippen LogP contribution is -2.38. The number of carbonyl (C=O) groups excluding carboxylic acids is 1. The van der Waals surface area contributed by atoms with Gasteiger partial charge in [0.15, 0.2) is 0 Å². The topological polar surface area (TPSA) is 44.4 Å². The number of hydrogen-bond donors (Lipinski definition) is 2. The molecule has 4 heteroatoms. The highest BCUT2D eigenvalue weighted by Crippen LogP contribution is 2.18. The second kappa shape index (κ2) is 6.57. The van der Waals surface area contributed by atoms with Gasteiger partial charge in [0.25, 0.3) is 0 Å². The largest absolute Gasteiger partial charge is 0.377 e. The first kappa shape index (κ1) is 13.9. The highest BCUT2D eigenvalue weighted by Gasteiger charge is 2.20. The van der Waals surface area contributed by atoms with Crippen LogP contribution in [-0.4, -0.2) is 33.1 Å². The third kappa shape index (κ3) is 3.70. The molecule has 0 saturated carbocycles. The van der Waals surface area contributed by atoms with Crippen LogP contribution < -0.4 is 15.5 Å². The van der Waals surface area contributed by atoms with Crippen LogP contribution >= 0.6 is 0 Å². The van der Waals surface area contributed by atoms with E-state index in [0.29, 0.717) is 6.54 Å². The van der Waals surface area contributed by atoms with Gasteiger partial charge in [0.05, 0.1) is 0 Å². The van der Waals surface area contributed by atoms with Gasteiger partial charge in [-0.3, -0.25) is 4.79 Å². The third-order valence-electron chi connectivity index (χ3n) is 3.64. The molecule has 1 aromatic rings. The van der Waals surface area contributed by atoms with E-state index in [1.54, 1.807) is 0 Å². The Bertz CT molecular complexity index is 425. The van der Waals surface area contributed by atoms with Gasteiger partial charge in [0.2, 0.25) is 5.91 Å². The Labute approximate surface area is 115 Å². The molecule has 4 nitrogen and oxygen atoms in total. The van der Waals surface area contributed by atoms with Gasteiger partial charge in [0.1, 0.15) is 0 Å². The average molecular weight is 261 g/mol. The van der Waals surface area contributed by atoms with Gasteiger partial charge >= 0.3 is 0 Å². The molecular weight excluding hydrogens is 238 g/mol. The number of amides is 1. The molecule has 1 fully saturated rings. The van der Waals surface area contributed by atoms with Gasteiger partial charge < -0.3 is 15.5 Å². The van der Waals surface area contributed by atoms with Gasteiger partial charge in [-0.05, 0) is 37.6 Å². The fraction of sp³-hybridized carbons (Fsp3) is 0.533. The summed E-state index contributed by atoms with van der Waals surface area (Å²) in [5, 5.41) is 6.35. The molecule has 0 unspecified atom stereocenters. The van der Waals surface area contributed by atoms with Gasteiger partial charge in [-0.15, -0.1) is 0 Å². The highest BCUT2D eigenvalue weighted by atomic mass is 16.1. The first-order chi connectivity index (χ1) is 9.18. The highest BCUT2D eigenvalue weighted by molar-refractivity contribution is 5.79. The molecule has 0 spiro atoms. The van der Waals surface area contributed by atoms with Crippen molar-refractivity contribution >= 4 is 11.6 Å². The number of benzene rings is 1. The summed E-state index contributed by atoms with van der Waals surface area (Å²) in [7, 11) is 4.04. The quantitative estimate of drug-likeness (QED) is 0.860. The molecule has 1 saturated heterocycles. The second-order valence-electron chi connectivity index (χ2n) is 5.27. The molecule has 0 bridgehead atoms. The number of para-hydroxylation sites is 1. The van der Waals surface area contributed by atoms with E-state index in [4.69, 9.17) is 0 Å². The summed E-state index contributed by atoms with van der Waals surface area (Å²) in [6, 6.07) is 8.18. The van der Waals surface area contributed by atoms with Crippen molar-refractivity contribution in [2.45, 2.75) is 19.4 Å². The molecular formula is C15H23N3O. The zero-order valence-corrected chi connectivity index (χ0v) is 11.8. The van der Waals surface area contributed by atoms with Crippen LogP contribution in [0.5, 0.6) is 0 Å². The number of piperidine rings is 1. The third-order valence-corrected chi connectivity index (χ3v) is 3.64. The van der Waals surface area contributed by atoms with E-state index < -0.39 is 0 Å². The summed E-state index contributed by atoms with van der Waals surface area (Å²) in [5.41, 5.74) is 2.32. The van der Waals surface area contributed by atoms with E-state index in [2.05, 4.69) is 27.7 Å². The molecule has 0 radical (unpaired) electrons. The predicted octanol–water partition coefficient (Wildman–Crippen LogP) is 1.37. The molecule has 2 N–H and O–H groups in total. The molecule has 104 valence electrons. The molecule has 1 aliphatic rings. The van der Waals surface area contributed by atoms with Gasteiger partial charge in [-0.25, -0.2) is 0 Å². The Kier molecular flexibility index (Phi) is 4.80. The maximum absolute atomic E-state index is 12.1. The summed E-state index contributed by atoms with van der Waals surface area (Å²) in [4.78, 5) is 14.2. The van der Waals surface area contributed by atoms with Gasteiger partial charge in [0, 0.05) is 32.2 Å².